The summed E-state index contributed by atoms with van der Waals surface area (Å²) in [6.07, 6.45) is 2.71. The van der Waals surface area contributed by atoms with Gasteiger partial charge in [0.2, 0.25) is 11.2 Å². The van der Waals surface area contributed by atoms with Crippen LogP contribution in [0.3, 0.4) is 0 Å². The maximum atomic E-state index is 13.3. The minimum atomic E-state index is -0.761. The monoisotopic (exact) mass is 540 g/mol. The number of ether oxygens (including phenoxy) is 3. The highest BCUT2D eigenvalue weighted by Crippen LogP contribution is 2.41. The first-order valence-electron chi connectivity index (χ1n) is 10.0. The van der Waals surface area contributed by atoms with Crippen LogP contribution in [0.1, 0.15) is 5.56 Å². The zero-order valence-electron chi connectivity index (χ0n) is 18.1. The van der Waals surface area contributed by atoms with Gasteiger partial charge in [-0.15, -0.1) is 0 Å². The van der Waals surface area contributed by atoms with Crippen LogP contribution >= 0.6 is 27.5 Å². The van der Waals surface area contributed by atoms with Crippen molar-refractivity contribution in [2.45, 2.75) is 0 Å². The summed E-state index contributed by atoms with van der Waals surface area (Å²) in [5.74, 6) is -0.0612. The lowest BCUT2D eigenvalue weighted by molar-refractivity contribution is -0.129. The third-order valence-electron chi connectivity index (χ3n) is 4.96. The number of hydrogen-bond donors (Lipinski definition) is 0. The van der Waals surface area contributed by atoms with Gasteiger partial charge in [0.1, 0.15) is 5.58 Å². The van der Waals surface area contributed by atoms with E-state index in [1.165, 1.54) is 26.4 Å². The molecule has 0 unspecified atom stereocenters. The van der Waals surface area contributed by atoms with E-state index in [-0.39, 0.29) is 16.9 Å². The number of benzene rings is 3. The number of hydrogen-bond acceptors (Lipinski definition) is 6. The molecule has 6 nitrogen and oxygen atoms in total. The first-order valence-corrected chi connectivity index (χ1v) is 11.2. The van der Waals surface area contributed by atoms with Gasteiger partial charge in [-0.25, -0.2) is 4.79 Å². The zero-order chi connectivity index (χ0) is 24.2. The molecule has 0 saturated carbocycles. The van der Waals surface area contributed by atoms with Gasteiger partial charge in [0.25, 0.3) is 0 Å². The lowest BCUT2D eigenvalue weighted by Crippen LogP contribution is -2.14. The van der Waals surface area contributed by atoms with Crippen LogP contribution in [-0.4, -0.2) is 20.2 Å². The predicted octanol–water partition coefficient (Wildman–Crippen LogP) is 6.51. The molecule has 0 bridgehead atoms. The minimum absolute atomic E-state index is 0.0739. The highest BCUT2D eigenvalue weighted by molar-refractivity contribution is 9.10. The van der Waals surface area contributed by atoms with Gasteiger partial charge >= 0.3 is 5.97 Å². The molecule has 1 aromatic heterocycles. The maximum Gasteiger partial charge on any atom is 0.336 e. The molecule has 0 aliphatic heterocycles. The first-order chi connectivity index (χ1) is 16.4. The van der Waals surface area contributed by atoms with E-state index in [2.05, 4.69) is 15.9 Å². The number of fused-ring (bicyclic) bond motifs is 1. The van der Waals surface area contributed by atoms with Gasteiger partial charge in [-0.2, -0.15) is 0 Å². The molecule has 0 aliphatic rings. The Labute approximate surface area is 208 Å². The van der Waals surface area contributed by atoms with E-state index in [1.54, 1.807) is 60.7 Å². The Kier molecular flexibility index (Phi) is 7.05. The molecule has 1 heterocycles. The Bertz CT molecular complexity index is 1470. The average Bonchev–Trinajstić information content (AvgIpc) is 2.84. The highest BCUT2D eigenvalue weighted by atomic mass is 79.9. The van der Waals surface area contributed by atoms with Crippen LogP contribution in [0.5, 0.6) is 17.2 Å². The van der Waals surface area contributed by atoms with Crippen molar-refractivity contribution in [1.82, 2.24) is 0 Å². The van der Waals surface area contributed by atoms with Crippen LogP contribution in [0.15, 0.2) is 80.4 Å². The number of halogens is 2. The van der Waals surface area contributed by atoms with Crippen molar-refractivity contribution in [3.05, 3.63) is 92.0 Å². The second kappa shape index (κ2) is 10.2. The molecule has 0 radical (unpaired) electrons. The Morgan fingerprint density at radius 1 is 1.00 bits per heavy atom. The Hall–Kier alpha value is -3.55. The first kappa shape index (κ1) is 23.6. The fourth-order valence-electron chi connectivity index (χ4n) is 3.36. The van der Waals surface area contributed by atoms with Gasteiger partial charge in [-0.3, -0.25) is 4.79 Å². The second-order valence-corrected chi connectivity index (χ2v) is 8.32. The van der Waals surface area contributed by atoms with Crippen molar-refractivity contribution in [2.75, 3.05) is 14.2 Å². The zero-order valence-corrected chi connectivity index (χ0v) is 20.5. The topological polar surface area (TPSA) is 75.0 Å². The highest BCUT2D eigenvalue weighted by Gasteiger charge is 2.22. The molecule has 34 heavy (non-hydrogen) atoms. The standard InChI is InChI=1S/C26H18BrClO6/c1-31-21-14-16(13-18(27)25(21)32-2)24-26(23(30)17-8-4-6-10-20(17)33-24)34-22(29)12-11-15-7-3-5-9-19(15)28/h3-14H,1-2H3. The van der Waals surface area contributed by atoms with Crippen LogP contribution < -0.4 is 19.6 Å². The van der Waals surface area contributed by atoms with Crippen LogP contribution in [-0.2, 0) is 4.79 Å². The number of esters is 1. The van der Waals surface area contributed by atoms with Gasteiger partial charge in [0, 0.05) is 16.7 Å². The summed E-state index contributed by atoms with van der Waals surface area (Å²) < 4.78 is 22.9. The van der Waals surface area contributed by atoms with E-state index >= 15 is 0 Å². The number of carbonyl (C=O) groups excluding carboxylic acids is 1. The molecule has 0 saturated heterocycles. The van der Waals surface area contributed by atoms with Crippen molar-refractivity contribution < 1.29 is 23.4 Å². The number of para-hydroxylation sites is 1. The molecule has 8 heteroatoms. The Morgan fingerprint density at radius 2 is 1.74 bits per heavy atom. The summed E-state index contributed by atoms with van der Waals surface area (Å²) in [6.45, 7) is 0. The minimum Gasteiger partial charge on any atom is -0.493 e. The SMILES string of the molecule is COc1cc(-c2oc3ccccc3c(=O)c2OC(=O)C=Cc2ccccc2Cl)cc(Br)c1OC. The summed E-state index contributed by atoms with van der Waals surface area (Å²) in [7, 11) is 3.00. The molecule has 0 fully saturated rings. The fourth-order valence-corrected chi connectivity index (χ4v) is 4.16. The third-order valence-corrected chi connectivity index (χ3v) is 5.89. The average molecular weight is 542 g/mol. The molecular weight excluding hydrogens is 524 g/mol. The van der Waals surface area contributed by atoms with Crippen LogP contribution in [0, 0.1) is 0 Å². The van der Waals surface area contributed by atoms with Crippen molar-refractivity contribution in [1.29, 1.82) is 0 Å². The fraction of sp³-hybridized carbons (Fsp3) is 0.0769. The van der Waals surface area contributed by atoms with Gasteiger partial charge in [-0.1, -0.05) is 41.9 Å². The molecule has 0 spiro atoms. The normalized spacial score (nSPS) is 11.1. The Balaban J connectivity index is 1.83. The largest absolute Gasteiger partial charge is 0.493 e. The summed E-state index contributed by atoms with van der Waals surface area (Å²) in [6, 6.07) is 17.1. The lowest BCUT2D eigenvalue weighted by atomic mass is 10.1. The third kappa shape index (κ3) is 4.71. The molecule has 0 atom stereocenters. The number of methoxy groups -OCH3 is 2. The molecule has 3 aromatic carbocycles. The molecular formula is C26H18BrClO6. The molecule has 4 aromatic rings. The van der Waals surface area contributed by atoms with E-state index in [4.69, 9.17) is 30.2 Å². The van der Waals surface area contributed by atoms with Crippen LogP contribution in [0.4, 0.5) is 0 Å². The van der Waals surface area contributed by atoms with Gasteiger partial charge < -0.3 is 18.6 Å². The molecule has 0 N–H and O–H groups in total. The van der Waals surface area contributed by atoms with Crippen molar-refractivity contribution in [3.8, 4) is 28.6 Å². The molecule has 0 aliphatic carbocycles. The predicted molar refractivity (Wildman–Crippen MR) is 135 cm³/mol. The Morgan fingerprint density at radius 3 is 2.47 bits per heavy atom. The number of carbonyl (C=O) groups is 1. The summed E-state index contributed by atoms with van der Waals surface area (Å²) in [5, 5.41) is 0.760. The molecule has 172 valence electrons. The van der Waals surface area contributed by atoms with Gasteiger partial charge in [0.15, 0.2) is 17.3 Å². The summed E-state index contributed by atoms with van der Waals surface area (Å²) in [5.41, 5.74) is 0.947. The van der Waals surface area contributed by atoms with Gasteiger partial charge in [0.05, 0.1) is 24.1 Å². The van der Waals surface area contributed by atoms with E-state index < -0.39 is 11.4 Å². The van der Waals surface area contributed by atoms with Crippen LogP contribution in [0.2, 0.25) is 5.02 Å². The second-order valence-electron chi connectivity index (χ2n) is 7.06. The van der Waals surface area contributed by atoms with E-state index in [9.17, 15) is 9.59 Å². The van der Waals surface area contributed by atoms with Crippen molar-refractivity contribution in [2.24, 2.45) is 0 Å². The van der Waals surface area contributed by atoms with E-state index in [1.807, 2.05) is 0 Å². The smallest absolute Gasteiger partial charge is 0.336 e. The maximum absolute atomic E-state index is 13.3. The quantitative estimate of drug-likeness (QED) is 0.205. The van der Waals surface area contributed by atoms with E-state index in [0.29, 0.717) is 37.7 Å². The molecule has 4 rings (SSSR count). The van der Waals surface area contributed by atoms with E-state index in [0.717, 1.165) is 0 Å². The lowest BCUT2D eigenvalue weighted by Gasteiger charge is -2.14. The summed E-state index contributed by atoms with van der Waals surface area (Å²) >= 11 is 9.58. The van der Waals surface area contributed by atoms with Crippen molar-refractivity contribution in [3.63, 3.8) is 0 Å². The summed E-state index contributed by atoms with van der Waals surface area (Å²) in [4.78, 5) is 26.0. The molecule has 0 amide bonds. The van der Waals surface area contributed by atoms with Crippen LogP contribution in [0.25, 0.3) is 28.4 Å². The van der Waals surface area contributed by atoms with Gasteiger partial charge in [-0.05, 0) is 57.9 Å². The number of rotatable bonds is 6. The van der Waals surface area contributed by atoms with Crippen molar-refractivity contribution >= 4 is 50.5 Å².